The number of carbonyl (C=O) groups excluding carboxylic acids is 1. The lowest BCUT2D eigenvalue weighted by atomic mass is 10.2. The molecule has 0 bridgehead atoms. The SMILES string of the molecule is CN(CC(=O)NCCCn1ccc2ccccc21)S(=O)(=O)c1ccc(F)cc1. The number of nitrogens with one attached hydrogen (secondary N) is 1. The van der Waals surface area contributed by atoms with Crippen LogP contribution in [0.15, 0.2) is 65.7 Å². The van der Waals surface area contributed by atoms with Gasteiger partial charge in [0.25, 0.3) is 0 Å². The number of likely N-dealkylation sites (N-methyl/N-ethyl adjacent to an activating group) is 1. The Morgan fingerprint density at radius 3 is 2.57 bits per heavy atom. The third-order valence-electron chi connectivity index (χ3n) is 4.47. The lowest BCUT2D eigenvalue weighted by Crippen LogP contribution is -2.38. The molecule has 1 aromatic heterocycles. The molecule has 6 nitrogen and oxygen atoms in total. The van der Waals surface area contributed by atoms with Gasteiger partial charge in [-0.15, -0.1) is 0 Å². The number of fused-ring (bicyclic) bond motifs is 1. The summed E-state index contributed by atoms with van der Waals surface area (Å²) in [7, 11) is -2.52. The van der Waals surface area contributed by atoms with E-state index in [1.54, 1.807) is 0 Å². The number of aryl methyl sites for hydroxylation is 1. The van der Waals surface area contributed by atoms with Crippen molar-refractivity contribution in [3.8, 4) is 0 Å². The number of hydrogen-bond acceptors (Lipinski definition) is 3. The molecule has 0 fully saturated rings. The van der Waals surface area contributed by atoms with Gasteiger partial charge in [-0.1, -0.05) is 18.2 Å². The molecule has 0 aliphatic carbocycles. The second-order valence-electron chi connectivity index (χ2n) is 6.49. The van der Waals surface area contributed by atoms with E-state index in [1.165, 1.54) is 24.6 Å². The van der Waals surface area contributed by atoms with Crippen LogP contribution in [0.2, 0.25) is 0 Å². The first kappa shape index (κ1) is 20.0. The summed E-state index contributed by atoms with van der Waals surface area (Å²) in [5, 5.41) is 3.90. The van der Waals surface area contributed by atoms with Crippen molar-refractivity contribution in [2.24, 2.45) is 0 Å². The van der Waals surface area contributed by atoms with Crippen LogP contribution in [0.25, 0.3) is 10.9 Å². The molecule has 1 N–H and O–H groups in total. The third kappa shape index (κ3) is 4.58. The van der Waals surface area contributed by atoms with Crippen LogP contribution in [0.3, 0.4) is 0 Å². The van der Waals surface area contributed by atoms with Gasteiger partial charge in [0.2, 0.25) is 15.9 Å². The van der Waals surface area contributed by atoms with Gasteiger partial charge in [0.1, 0.15) is 5.82 Å². The minimum Gasteiger partial charge on any atom is -0.355 e. The van der Waals surface area contributed by atoms with Crippen molar-refractivity contribution in [2.75, 3.05) is 20.1 Å². The van der Waals surface area contributed by atoms with Crippen LogP contribution in [0.5, 0.6) is 0 Å². The Labute approximate surface area is 163 Å². The summed E-state index contributed by atoms with van der Waals surface area (Å²) in [5.41, 5.74) is 1.14. The molecule has 28 heavy (non-hydrogen) atoms. The number of para-hydroxylation sites is 1. The van der Waals surface area contributed by atoms with Crippen LogP contribution in [0, 0.1) is 5.82 Å². The predicted molar refractivity (Wildman–Crippen MR) is 106 cm³/mol. The topological polar surface area (TPSA) is 71.4 Å². The zero-order valence-corrected chi connectivity index (χ0v) is 16.3. The fourth-order valence-corrected chi connectivity index (χ4v) is 4.07. The molecule has 3 aromatic rings. The Morgan fingerprint density at radius 1 is 1.11 bits per heavy atom. The summed E-state index contributed by atoms with van der Waals surface area (Å²) in [5.74, 6) is -0.902. The summed E-state index contributed by atoms with van der Waals surface area (Å²) >= 11 is 0. The largest absolute Gasteiger partial charge is 0.355 e. The molecule has 0 saturated carbocycles. The number of benzene rings is 2. The summed E-state index contributed by atoms with van der Waals surface area (Å²) < 4.78 is 40.9. The maximum Gasteiger partial charge on any atom is 0.243 e. The van der Waals surface area contributed by atoms with Crippen molar-refractivity contribution in [1.82, 2.24) is 14.2 Å². The van der Waals surface area contributed by atoms with Crippen LogP contribution in [0.4, 0.5) is 4.39 Å². The molecule has 0 saturated heterocycles. The van der Waals surface area contributed by atoms with Crippen molar-refractivity contribution in [1.29, 1.82) is 0 Å². The average molecular weight is 403 g/mol. The lowest BCUT2D eigenvalue weighted by Gasteiger charge is -2.17. The molecule has 3 rings (SSSR count). The summed E-state index contributed by atoms with van der Waals surface area (Å²) in [4.78, 5) is 12.0. The van der Waals surface area contributed by atoms with Gasteiger partial charge in [-0.3, -0.25) is 4.79 Å². The van der Waals surface area contributed by atoms with Crippen LogP contribution in [-0.2, 0) is 21.4 Å². The highest BCUT2D eigenvalue weighted by Crippen LogP contribution is 2.16. The van der Waals surface area contributed by atoms with Gasteiger partial charge in [0, 0.05) is 31.9 Å². The molecule has 0 unspecified atom stereocenters. The molecular formula is C20H22FN3O3S. The molecule has 1 amide bonds. The van der Waals surface area contributed by atoms with Crippen molar-refractivity contribution in [3.05, 3.63) is 66.6 Å². The molecule has 2 aromatic carbocycles. The van der Waals surface area contributed by atoms with Crippen LogP contribution < -0.4 is 5.32 Å². The van der Waals surface area contributed by atoms with Crippen LogP contribution in [0.1, 0.15) is 6.42 Å². The highest BCUT2D eigenvalue weighted by atomic mass is 32.2. The maximum absolute atomic E-state index is 13.0. The Kier molecular flexibility index (Phi) is 6.11. The van der Waals surface area contributed by atoms with Crippen molar-refractivity contribution < 1.29 is 17.6 Å². The second-order valence-corrected chi connectivity index (χ2v) is 8.53. The smallest absolute Gasteiger partial charge is 0.243 e. The minimum absolute atomic E-state index is 0.0521. The summed E-state index contributed by atoms with van der Waals surface area (Å²) in [6, 6.07) is 14.6. The van der Waals surface area contributed by atoms with Gasteiger partial charge in [-0.25, -0.2) is 12.8 Å². The number of amides is 1. The molecule has 148 valence electrons. The monoisotopic (exact) mass is 403 g/mol. The first-order chi connectivity index (χ1) is 13.4. The molecule has 0 atom stereocenters. The van der Waals surface area contributed by atoms with Gasteiger partial charge < -0.3 is 9.88 Å². The van der Waals surface area contributed by atoms with E-state index >= 15 is 0 Å². The fourth-order valence-electron chi connectivity index (χ4n) is 2.94. The second kappa shape index (κ2) is 8.53. The van der Waals surface area contributed by atoms with Crippen molar-refractivity contribution in [2.45, 2.75) is 17.9 Å². The minimum atomic E-state index is -3.84. The number of aromatic nitrogens is 1. The number of hydrogen-bond donors (Lipinski definition) is 1. The zero-order valence-electron chi connectivity index (χ0n) is 15.5. The van der Waals surface area contributed by atoms with E-state index in [1.807, 2.05) is 36.5 Å². The average Bonchev–Trinajstić information content (AvgIpc) is 3.09. The van der Waals surface area contributed by atoms with Gasteiger partial charge in [-0.2, -0.15) is 4.31 Å². The number of carbonyl (C=O) groups is 1. The zero-order chi connectivity index (χ0) is 20.1. The van der Waals surface area contributed by atoms with E-state index < -0.39 is 15.8 Å². The van der Waals surface area contributed by atoms with Gasteiger partial charge in [-0.05, 0) is 48.2 Å². The summed E-state index contributed by atoms with van der Waals surface area (Å²) in [6.07, 6.45) is 2.73. The van der Waals surface area contributed by atoms with Crippen LogP contribution in [-0.4, -0.2) is 43.3 Å². The summed E-state index contributed by atoms with van der Waals surface area (Å²) in [6.45, 7) is 0.888. The molecular weight excluding hydrogens is 381 g/mol. The Balaban J connectivity index is 1.48. The molecule has 0 aliphatic rings. The fraction of sp³-hybridized carbons (Fsp3) is 0.250. The van der Waals surface area contributed by atoms with E-state index in [-0.39, 0.29) is 17.3 Å². The maximum atomic E-state index is 13.0. The Bertz CT molecular complexity index is 1060. The lowest BCUT2D eigenvalue weighted by molar-refractivity contribution is -0.121. The molecule has 0 aliphatic heterocycles. The molecule has 8 heteroatoms. The van der Waals surface area contributed by atoms with Crippen molar-refractivity contribution >= 4 is 26.8 Å². The van der Waals surface area contributed by atoms with E-state index in [9.17, 15) is 17.6 Å². The number of halogens is 1. The van der Waals surface area contributed by atoms with Gasteiger partial charge in [0.05, 0.1) is 11.4 Å². The standard InChI is InChI=1S/C20H22FN3O3S/c1-23(28(26,27)18-9-7-17(21)8-10-18)15-20(25)22-12-4-13-24-14-11-16-5-2-3-6-19(16)24/h2-3,5-11,14H,4,12-13,15H2,1H3,(H,22,25). The van der Waals surface area contributed by atoms with E-state index in [2.05, 4.69) is 9.88 Å². The number of rotatable bonds is 8. The Hall–Kier alpha value is -2.71. The van der Waals surface area contributed by atoms with Crippen LogP contribution >= 0.6 is 0 Å². The predicted octanol–water partition coefficient (Wildman–Crippen LogP) is 2.61. The van der Waals surface area contributed by atoms with Gasteiger partial charge >= 0.3 is 0 Å². The van der Waals surface area contributed by atoms with E-state index in [4.69, 9.17) is 0 Å². The van der Waals surface area contributed by atoms with E-state index in [0.29, 0.717) is 6.54 Å². The molecule has 0 spiro atoms. The number of sulfonamides is 1. The first-order valence-corrected chi connectivity index (χ1v) is 10.3. The van der Waals surface area contributed by atoms with Crippen molar-refractivity contribution in [3.63, 3.8) is 0 Å². The highest BCUT2D eigenvalue weighted by molar-refractivity contribution is 7.89. The quantitative estimate of drug-likeness (QED) is 0.588. The normalized spacial score (nSPS) is 11.8. The molecule has 1 heterocycles. The highest BCUT2D eigenvalue weighted by Gasteiger charge is 2.22. The number of nitrogens with zero attached hydrogens (tertiary/aromatic N) is 2. The van der Waals surface area contributed by atoms with Gasteiger partial charge in [0.15, 0.2) is 0 Å². The molecule has 0 radical (unpaired) electrons. The Morgan fingerprint density at radius 2 is 1.82 bits per heavy atom. The third-order valence-corrected chi connectivity index (χ3v) is 6.28. The van der Waals surface area contributed by atoms with E-state index in [0.717, 1.165) is 34.9 Å². The first-order valence-electron chi connectivity index (χ1n) is 8.90.